The van der Waals surface area contributed by atoms with E-state index in [-0.39, 0.29) is 5.82 Å². The van der Waals surface area contributed by atoms with Crippen molar-refractivity contribution < 1.29 is 4.39 Å². The van der Waals surface area contributed by atoms with Crippen molar-refractivity contribution >= 4 is 22.6 Å². The number of rotatable bonds is 4. The summed E-state index contributed by atoms with van der Waals surface area (Å²) in [6.45, 7) is 0.787. The second-order valence-corrected chi connectivity index (χ2v) is 6.44. The van der Waals surface area contributed by atoms with Crippen molar-refractivity contribution in [3.63, 3.8) is 0 Å². The lowest BCUT2D eigenvalue weighted by molar-refractivity contribution is 0.539. The first-order valence-electron chi connectivity index (χ1n) is 8.71. The van der Waals surface area contributed by atoms with Gasteiger partial charge in [0.2, 0.25) is 0 Å². The van der Waals surface area contributed by atoms with Crippen LogP contribution < -0.4 is 5.32 Å². The summed E-state index contributed by atoms with van der Waals surface area (Å²) in [5.41, 5.74) is 4.21. The third-order valence-corrected chi connectivity index (χ3v) is 4.79. The maximum atomic E-state index is 14.0. The largest absolute Gasteiger partial charge is 0.361 e. The van der Waals surface area contributed by atoms with Crippen molar-refractivity contribution in [1.82, 2.24) is 10.3 Å². The summed E-state index contributed by atoms with van der Waals surface area (Å²) in [5, 5.41) is 4.74. The monoisotopic (exact) mass is 332 g/mol. The molecule has 0 aliphatic carbocycles. The van der Waals surface area contributed by atoms with Crippen LogP contribution in [0.15, 0.2) is 66.9 Å². The smallest absolute Gasteiger partial charge is 0.130 e. The van der Waals surface area contributed by atoms with Gasteiger partial charge in [-0.15, -0.1) is 0 Å². The molecule has 126 valence electrons. The van der Waals surface area contributed by atoms with E-state index < -0.39 is 0 Å². The van der Waals surface area contributed by atoms with E-state index in [1.54, 1.807) is 6.07 Å². The Labute approximate surface area is 147 Å². The third-order valence-electron chi connectivity index (χ3n) is 4.79. The predicted molar refractivity (Wildman–Crippen MR) is 103 cm³/mol. The molecule has 0 fully saturated rings. The van der Waals surface area contributed by atoms with Gasteiger partial charge in [0.15, 0.2) is 0 Å². The lowest BCUT2D eigenvalue weighted by atomic mass is 9.93. The topological polar surface area (TPSA) is 27.8 Å². The van der Waals surface area contributed by atoms with Crippen molar-refractivity contribution in [2.45, 2.75) is 18.9 Å². The fraction of sp³-hybridized carbons (Fsp3) is 0.182. The van der Waals surface area contributed by atoms with Gasteiger partial charge in [-0.3, -0.25) is 0 Å². The predicted octanol–water partition coefficient (Wildman–Crippen LogP) is 5.16. The Hall–Kier alpha value is -2.65. The summed E-state index contributed by atoms with van der Waals surface area (Å²) in [6.07, 6.45) is 10.2. The molecule has 1 aliphatic rings. The van der Waals surface area contributed by atoms with Crippen LogP contribution in [0.2, 0.25) is 0 Å². The van der Waals surface area contributed by atoms with Gasteiger partial charge in [-0.1, -0.05) is 48.6 Å². The van der Waals surface area contributed by atoms with E-state index in [9.17, 15) is 4.39 Å². The molecule has 2 heterocycles. The molecule has 0 bridgehead atoms. The summed E-state index contributed by atoms with van der Waals surface area (Å²) < 4.78 is 14.0. The average Bonchev–Trinajstić information content (AvgIpc) is 3.12. The molecule has 3 aromatic rings. The van der Waals surface area contributed by atoms with Gasteiger partial charge in [-0.2, -0.15) is 0 Å². The Kier molecular flexibility index (Phi) is 4.49. The molecule has 1 atom stereocenters. The average molecular weight is 332 g/mol. The maximum Gasteiger partial charge on any atom is 0.130 e. The van der Waals surface area contributed by atoms with Crippen molar-refractivity contribution in [1.29, 1.82) is 0 Å². The third kappa shape index (κ3) is 3.42. The van der Waals surface area contributed by atoms with Crippen LogP contribution >= 0.6 is 0 Å². The molecule has 2 nitrogen and oxygen atoms in total. The number of benzene rings is 2. The highest BCUT2D eigenvalue weighted by Gasteiger charge is 2.16. The van der Waals surface area contributed by atoms with E-state index in [2.05, 4.69) is 52.8 Å². The lowest BCUT2D eigenvalue weighted by Crippen LogP contribution is -2.32. The van der Waals surface area contributed by atoms with E-state index >= 15 is 0 Å². The summed E-state index contributed by atoms with van der Waals surface area (Å²) in [4.78, 5) is 3.24. The zero-order valence-electron chi connectivity index (χ0n) is 14.0. The van der Waals surface area contributed by atoms with E-state index in [4.69, 9.17) is 0 Å². The number of H-pyrrole nitrogens is 1. The van der Waals surface area contributed by atoms with Crippen LogP contribution in [0.4, 0.5) is 4.39 Å². The van der Waals surface area contributed by atoms with E-state index in [0.717, 1.165) is 36.0 Å². The minimum absolute atomic E-state index is 0.135. The molecule has 3 heteroatoms. The van der Waals surface area contributed by atoms with Gasteiger partial charge >= 0.3 is 0 Å². The number of hydrogen-bond donors (Lipinski definition) is 2. The van der Waals surface area contributed by atoms with Crippen LogP contribution in [0, 0.1) is 5.82 Å². The van der Waals surface area contributed by atoms with E-state index in [1.807, 2.05) is 18.3 Å². The minimum atomic E-state index is -0.135. The maximum absolute atomic E-state index is 14.0. The zero-order chi connectivity index (χ0) is 17.1. The van der Waals surface area contributed by atoms with E-state index in [0.29, 0.717) is 6.04 Å². The van der Waals surface area contributed by atoms with Gasteiger partial charge in [-0.25, -0.2) is 4.39 Å². The number of halogens is 1. The zero-order valence-corrected chi connectivity index (χ0v) is 14.0. The van der Waals surface area contributed by atoms with Gasteiger partial charge in [0.1, 0.15) is 5.82 Å². The van der Waals surface area contributed by atoms with Crippen LogP contribution in [0.3, 0.4) is 0 Å². The molecule has 0 spiro atoms. The quantitative estimate of drug-likeness (QED) is 0.679. The molecule has 1 unspecified atom stereocenters. The molecule has 2 N–H and O–H groups in total. The van der Waals surface area contributed by atoms with Crippen LogP contribution in [0.25, 0.3) is 22.6 Å². The highest BCUT2D eigenvalue weighted by Crippen LogP contribution is 2.26. The molecule has 25 heavy (non-hydrogen) atoms. The Morgan fingerprint density at radius 2 is 2.00 bits per heavy atom. The standard InChI is InChI=1S/C22H21FN2/c23-21-9-2-1-8-19(21)17-11-13-24-18(15-17)7-3-5-16-6-4-10-22-20(16)12-14-25-22/h1-6,8-12,14,18,24-25H,7,13,15H2. The highest BCUT2D eigenvalue weighted by molar-refractivity contribution is 5.88. The Bertz CT molecular complexity index is 936. The Morgan fingerprint density at radius 3 is 2.92 bits per heavy atom. The molecule has 0 amide bonds. The summed E-state index contributed by atoms with van der Waals surface area (Å²) in [7, 11) is 0. The Balaban J connectivity index is 1.45. The van der Waals surface area contributed by atoms with Crippen molar-refractivity contribution in [3.8, 4) is 0 Å². The molecule has 4 rings (SSSR count). The van der Waals surface area contributed by atoms with Gasteiger partial charge in [0.25, 0.3) is 0 Å². The van der Waals surface area contributed by atoms with Crippen molar-refractivity contribution in [2.24, 2.45) is 0 Å². The molecule has 1 aromatic heterocycles. The SMILES string of the molecule is Fc1ccccc1C1=CCNC(CC=Cc2cccc3[nH]ccc23)C1. The van der Waals surface area contributed by atoms with Gasteiger partial charge in [0, 0.05) is 35.2 Å². The fourth-order valence-electron chi connectivity index (χ4n) is 3.49. The first-order valence-corrected chi connectivity index (χ1v) is 8.71. The normalized spacial score (nSPS) is 18.0. The fourth-order valence-corrected chi connectivity index (χ4v) is 3.49. The molecular formula is C22H21FN2. The minimum Gasteiger partial charge on any atom is -0.361 e. The van der Waals surface area contributed by atoms with Crippen LogP contribution in [0.1, 0.15) is 24.0 Å². The summed E-state index contributed by atoms with van der Waals surface area (Å²) in [6, 6.07) is 15.8. The molecule has 0 radical (unpaired) electrons. The van der Waals surface area contributed by atoms with E-state index in [1.165, 1.54) is 17.0 Å². The van der Waals surface area contributed by atoms with Gasteiger partial charge in [-0.05, 0) is 42.2 Å². The van der Waals surface area contributed by atoms with Crippen molar-refractivity contribution in [2.75, 3.05) is 6.54 Å². The van der Waals surface area contributed by atoms with Crippen molar-refractivity contribution in [3.05, 3.63) is 83.8 Å². The lowest BCUT2D eigenvalue weighted by Gasteiger charge is -2.23. The van der Waals surface area contributed by atoms with Crippen LogP contribution in [-0.2, 0) is 0 Å². The molecule has 2 aromatic carbocycles. The number of hydrogen-bond acceptors (Lipinski definition) is 1. The first-order chi connectivity index (χ1) is 12.3. The van der Waals surface area contributed by atoms with Crippen LogP contribution in [0.5, 0.6) is 0 Å². The number of fused-ring (bicyclic) bond motifs is 1. The van der Waals surface area contributed by atoms with Crippen LogP contribution in [-0.4, -0.2) is 17.6 Å². The molecule has 0 saturated carbocycles. The van der Waals surface area contributed by atoms with Gasteiger partial charge < -0.3 is 10.3 Å². The number of aromatic nitrogens is 1. The summed E-state index contributed by atoms with van der Waals surface area (Å²) >= 11 is 0. The Morgan fingerprint density at radius 1 is 1.08 bits per heavy atom. The van der Waals surface area contributed by atoms with Gasteiger partial charge in [0.05, 0.1) is 0 Å². The number of aromatic amines is 1. The summed E-state index contributed by atoms with van der Waals surface area (Å²) in [5.74, 6) is -0.135. The highest BCUT2D eigenvalue weighted by atomic mass is 19.1. The molecule has 0 saturated heterocycles. The number of nitrogens with one attached hydrogen (secondary N) is 2. The molecular weight excluding hydrogens is 311 g/mol. The second-order valence-electron chi connectivity index (χ2n) is 6.44. The first kappa shape index (κ1) is 15.9. The second kappa shape index (κ2) is 7.08. The molecule has 1 aliphatic heterocycles.